The van der Waals surface area contributed by atoms with Crippen molar-refractivity contribution in [2.45, 2.75) is 41.5 Å². The van der Waals surface area contributed by atoms with Crippen LogP contribution in [0.4, 0.5) is 0 Å². The zero-order valence-electron chi connectivity index (χ0n) is 14.6. The predicted molar refractivity (Wildman–Crippen MR) is 98.0 cm³/mol. The Morgan fingerprint density at radius 2 is 1.45 bits per heavy atom. The Labute approximate surface area is 135 Å². The lowest BCUT2D eigenvalue weighted by Gasteiger charge is -2.12. The second kappa shape index (κ2) is 6.08. The molecule has 0 aromatic heterocycles. The highest BCUT2D eigenvalue weighted by atomic mass is 14.8. The summed E-state index contributed by atoms with van der Waals surface area (Å²) >= 11 is 0. The lowest BCUT2D eigenvalue weighted by atomic mass is 9.93. The van der Waals surface area contributed by atoms with Gasteiger partial charge in [0.05, 0.1) is 5.70 Å². The first kappa shape index (κ1) is 16.5. The van der Waals surface area contributed by atoms with Gasteiger partial charge in [-0.2, -0.15) is 0 Å². The first-order chi connectivity index (χ1) is 10.2. The maximum atomic E-state index is 4.86. The quantitative estimate of drug-likeness (QED) is 0.558. The minimum absolute atomic E-state index is 0.0840. The van der Waals surface area contributed by atoms with E-state index in [1.165, 1.54) is 11.1 Å². The fraction of sp³-hybridized carbons (Fsp3) is 0.381. The number of allylic oxidation sites excluding steroid dienone is 11. The molecule has 0 saturated heterocycles. The van der Waals surface area contributed by atoms with Crippen molar-refractivity contribution in [2.24, 2.45) is 15.8 Å². The summed E-state index contributed by atoms with van der Waals surface area (Å²) in [6.07, 6.45) is 19.6. The minimum atomic E-state index is 0.0840. The third-order valence-electron chi connectivity index (χ3n) is 4.04. The second-order valence-electron chi connectivity index (χ2n) is 7.39. The van der Waals surface area contributed by atoms with Gasteiger partial charge in [-0.1, -0.05) is 76.3 Å². The van der Waals surface area contributed by atoms with Crippen molar-refractivity contribution in [1.82, 2.24) is 0 Å². The van der Waals surface area contributed by atoms with Gasteiger partial charge in [-0.15, -0.1) is 0 Å². The number of hydrogen-bond acceptors (Lipinski definition) is 1. The van der Waals surface area contributed by atoms with E-state index in [0.29, 0.717) is 0 Å². The Morgan fingerprint density at radius 1 is 0.864 bits per heavy atom. The number of aliphatic imine (C=N–C) groups is 1. The maximum absolute atomic E-state index is 4.86. The van der Waals surface area contributed by atoms with Crippen molar-refractivity contribution in [2.75, 3.05) is 0 Å². The van der Waals surface area contributed by atoms with Gasteiger partial charge in [0, 0.05) is 16.5 Å². The molecule has 2 aliphatic rings. The Balaban J connectivity index is 2.32. The fourth-order valence-corrected chi connectivity index (χ4v) is 2.33. The summed E-state index contributed by atoms with van der Waals surface area (Å²) < 4.78 is 0. The summed E-state index contributed by atoms with van der Waals surface area (Å²) in [7, 11) is 0. The van der Waals surface area contributed by atoms with E-state index in [4.69, 9.17) is 4.99 Å². The van der Waals surface area contributed by atoms with E-state index >= 15 is 0 Å². The molecule has 0 heterocycles. The molecule has 1 nitrogen and oxygen atoms in total. The number of rotatable bonds is 2. The molecule has 0 amide bonds. The van der Waals surface area contributed by atoms with Crippen LogP contribution in [0.3, 0.4) is 0 Å². The average molecular weight is 293 g/mol. The highest BCUT2D eigenvalue weighted by Gasteiger charge is 2.14. The van der Waals surface area contributed by atoms with Gasteiger partial charge in [0.25, 0.3) is 0 Å². The molecule has 0 saturated carbocycles. The van der Waals surface area contributed by atoms with Gasteiger partial charge in [0.1, 0.15) is 0 Å². The molecular formula is C21H27N. The first-order valence-corrected chi connectivity index (χ1v) is 7.92. The van der Waals surface area contributed by atoms with Crippen LogP contribution in [-0.2, 0) is 0 Å². The molecule has 2 rings (SSSR count). The van der Waals surface area contributed by atoms with Crippen molar-refractivity contribution in [3.8, 4) is 0 Å². The summed E-state index contributed by atoms with van der Waals surface area (Å²) in [5.74, 6) is 0. The van der Waals surface area contributed by atoms with Gasteiger partial charge in [0.15, 0.2) is 0 Å². The van der Waals surface area contributed by atoms with E-state index in [9.17, 15) is 0 Å². The molecular weight excluding hydrogens is 266 g/mol. The molecule has 0 N–H and O–H groups in total. The highest BCUT2D eigenvalue weighted by Crippen LogP contribution is 2.27. The van der Waals surface area contributed by atoms with Crippen LogP contribution in [0.25, 0.3) is 0 Å². The van der Waals surface area contributed by atoms with Crippen LogP contribution in [0.2, 0.25) is 0 Å². The Hall–Kier alpha value is -1.89. The third-order valence-corrected chi connectivity index (χ3v) is 4.04. The largest absolute Gasteiger partial charge is 0.253 e. The second-order valence-corrected chi connectivity index (χ2v) is 7.39. The Bertz CT molecular complexity index is 656. The lowest BCUT2D eigenvalue weighted by molar-refractivity contribution is 0.626. The summed E-state index contributed by atoms with van der Waals surface area (Å²) in [6.45, 7) is 13.0. The molecule has 0 aliphatic heterocycles. The van der Waals surface area contributed by atoms with E-state index in [1.54, 1.807) is 0 Å². The van der Waals surface area contributed by atoms with E-state index < -0.39 is 0 Å². The first-order valence-electron chi connectivity index (χ1n) is 7.92. The van der Waals surface area contributed by atoms with E-state index in [0.717, 1.165) is 11.4 Å². The molecule has 0 bridgehead atoms. The highest BCUT2D eigenvalue weighted by molar-refractivity contribution is 6.01. The molecule has 0 aromatic rings. The average Bonchev–Trinajstić information content (AvgIpc) is 2.68. The predicted octanol–water partition coefficient (Wildman–Crippen LogP) is 5.95. The summed E-state index contributed by atoms with van der Waals surface area (Å²) in [5.41, 5.74) is 4.65. The summed E-state index contributed by atoms with van der Waals surface area (Å²) in [4.78, 5) is 4.86. The number of nitrogens with zero attached hydrogens (tertiary/aromatic N) is 1. The molecule has 0 unspecified atom stereocenters. The SMILES string of the molecule is CC(=NC1=C(C)C=CC(C)(C)C=C1)C1=CC=CC(C)(C)C=C1. The van der Waals surface area contributed by atoms with Crippen LogP contribution in [0.1, 0.15) is 41.5 Å². The summed E-state index contributed by atoms with van der Waals surface area (Å²) in [6, 6.07) is 0. The van der Waals surface area contributed by atoms with Crippen LogP contribution in [0, 0.1) is 10.8 Å². The van der Waals surface area contributed by atoms with E-state index in [1.807, 2.05) is 0 Å². The van der Waals surface area contributed by atoms with Crippen molar-refractivity contribution < 1.29 is 0 Å². The van der Waals surface area contributed by atoms with Gasteiger partial charge in [-0.3, -0.25) is 4.99 Å². The van der Waals surface area contributed by atoms with Crippen LogP contribution >= 0.6 is 0 Å². The van der Waals surface area contributed by atoms with Crippen LogP contribution in [-0.4, -0.2) is 5.71 Å². The van der Waals surface area contributed by atoms with Crippen molar-refractivity contribution in [3.05, 3.63) is 71.5 Å². The molecule has 0 aromatic carbocycles. The Morgan fingerprint density at radius 3 is 2.18 bits per heavy atom. The van der Waals surface area contributed by atoms with Gasteiger partial charge < -0.3 is 0 Å². The molecule has 22 heavy (non-hydrogen) atoms. The van der Waals surface area contributed by atoms with Crippen molar-refractivity contribution in [1.29, 1.82) is 0 Å². The fourth-order valence-electron chi connectivity index (χ4n) is 2.33. The van der Waals surface area contributed by atoms with E-state index in [-0.39, 0.29) is 10.8 Å². The molecule has 0 atom stereocenters. The van der Waals surface area contributed by atoms with Crippen LogP contribution < -0.4 is 0 Å². The monoisotopic (exact) mass is 293 g/mol. The Kier molecular flexibility index (Phi) is 4.55. The molecule has 2 aliphatic carbocycles. The van der Waals surface area contributed by atoms with Crippen LogP contribution in [0.15, 0.2) is 76.5 Å². The maximum Gasteiger partial charge on any atom is 0.0659 e. The molecule has 116 valence electrons. The molecule has 0 radical (unpaired) electrons. The molecule has 1 heteroatoms. The molecule has 0 fully saturated rings. The van der Waals surface area contributed by atoms with Crippen molar-refractivity contribution >= 4 is 5.71 Å². The smallest absolute Gasteiger partial charge is 0.0659 e. The van der Waals surface area contributed by atoms with Crippen molar-refractivity contribution in [3.63, 3.8) is 0 Å². The lowest BCUT2D eigenvalue weighted by Crippen LogP contribution is -2.01. The topological polar surface area (TPSA) is 12.4 Å². The van der Waals surface area contributed by atoms with Crippen LogP contribution in [0.5, 0.6) is 0 Å². The van der Waals surface area contributed by atoms with Gasteiger partial charge in [-0.05, 0) is 31.1 Å². The summed E-state index contributed by atoms with van der Waals surface area (Å²) in [5, 5.41) is 0. The van der Waals surface area contributed by atoms with E-state index in [2.05, 4.69) is 96.2 Å². The zero-order valence-corrected chi connectivity index (χ0v) is 14.6. The standard InChI is InChI=1S/C21H27N/c1-16-9-13-21(5,6)15-11-19(16)22-17(2)18-8-7-12-20(3,4)14-10-18/h7-15H,1-6H3. The zero-order chi connectivity index (χ0) is 16.4. The van der Waals surface area contributed by atoms with Gasteiger partial charge >= 0.3 is 0 Å². The van der Waals surface area contributed by atoms with Gasteiger partial charge in [0.2, 0.25) is 0 Å². The number of hydrogen-bond donors (Lipinski definition) is 0. The molecule has 0 spiro atoms. The van der Waals surface area contributed by atoms with Gasteiger partial charge in [-0.25, -0.2) is 0 Å². The third kappa shape index (κ3) is 4.30. The minimum Gasteiger partial charge on any atom is -0.253 e. The normalized spacial score (nSPS) is 23.4.